The molecule has 2 N–H and O–H groups in total. The highest BCUT2D eigenvalue weighted by Gasteiger charge is 2.61. The topological polar surface area (TPSA) is 50.4 Å². The molecule has 0 aliphatic carbocycles. The van der Waals surface area contributed by atoms with Crippen molar-refractivity contribution in [2.75, 3.05) is 33.4 Å². The number of halogens is 3. The number of amides is 1. The number of unbranched alkanes of at least 4 members (excludes halogenated alkanes) is 2. The molecule has 1 rings (SSSR count). The highest BCUT2D eigenvalue weighted by molar-refractivity contribution is 5.84. The average Bonchev–Trinajstić information content (AvgIpc) is 2.83. The van der Waals surface area contributed by atoms with Gasteiger partial charge in [0.05, 0.1) is 0 Å². The summed E-state index contributed by atoms with van der Waals surface area (Å²) in [5.41, 5.74) is -2.25. The fourth-order valence-electron chi connectivity index (χ4n) is 2.18. The molecule has 1 fully saturated rings. The molecule has 4 nitrogen and oxygen atoms in total. The van der Waals surface area contributed by atoms with Crippen LogP contribution >= 0.6 is 0 Å². The molecule has 112 valence electrons. The number of methoxy groups -OCH3 is 1. The normalized spacial score (nSPS) is 23.6. The van der Waals surface area contributed by atoms with E-state index in [0.29, 0.717) is 13.0 Å². The summed E-state index contributed by atoms with van der Waals surface area (Å²) in [4.78, 5) is 11.8. The smallest absolute Gasteiger partial charge is 0.385 e. The van der Waals surface area contributed by atoms with Crippen LogP contribution in [0.1, 0.15) is 25.7 Å². The van der Waals surface area contributed by atoms with Crippen molar-refractivity contribution in [3.05, 3.63) is 0 Å². The largest absolute Gasteiger partial charge is 0.404 e. The highest BCUT2D eigenvalue weighted by Crippen LogP contribution is 2.43. The first-order valence-electron chi connectivity index (χ1n) is 6.49. The number of hydrogen-bond acceptors (Lipinski definition) is 3. The zero-order chi connectivity index (χ0) is 14.4. The molecule has 0 saturated carbocycles. The first-order valence-corrected chi connectivity index (χ1v) is 6.49. The molecule has 1 saturated heterocycles. The van der Waals surface area contributed by atoms with Crippen LogP contribution in [0.25, 0.3) is 0 Å². The van der Waals surface area contributed by atoms with Crippen LogP contribution in [-0.4, -0.2) is 45.4 Å². The van der Waals surface area contributed by atoms with E-state index in [9.17, 15) is 18.0 Å². The van der Waals surface area contributed by atoms with Gasteiger partial charge in [-0.25, -0.2) is 0 Å². The fourth-order valence-corrected chi connectivity index (χ4v) is 2.18. The van der Waals surface area contributed by atoms with E-state index in [-0.39, 0.29) is 26.1 Å². The van der Waals surface area contributed by atoms with E-state index in [1.165, 1.54) is 0 Å². The maximum atomic E-state index is 13.0. The lowest BCUT2D eigenvalue weighted by molar-refractivity contribution is -0.216. The Labute approximate surface area is 111 Å². The Bertz CT molecular complexity index is 289. The summed E-state index contributed by atoms with van der Waals surface area (Å²) in [7, 11) is 1.60. The van der Waals surface area contributed by atoms with Crippen molar-refractivity contribution >= 4 is 5.91 Å². The van der Waals surface area contributed by atoms with Crippen LogP contribution in [0.2, 0.25) is 0 Å². The number of carbonyl (C=O) groups excluding carboxylic acids is 1. The van der Waals surface area contributed by atoms with Crippen LogP contribution in [0.15, 0.2) is 0 Å². The lowest BCUT2D eigenvalue weighted by atomic mass is 9.85. The molecule has 0 bridgehead atoms. The molecule has 1 atom stereocenters. The van der Waals surface area contributed by atoms with Gasteiger partial charge in [0, 0.05) is 26.8 Å². The maximum absolute atomic E-state index is 13.0. The van der Waals surface area contributed by atoms with Crippen molar-refractivity contribution in [2.24, 2.45) is 5.41 Å². The number of alkyl halides is 3. The summed E-state index contributed by atoms with van der Waals surface area (Å²) in [6.45, 7) is 0.803. The van der Waals surface area contributed by atoms with Crippen LogP contribution in [0.4, 0.5) is 13.2 Å². The molecule has 1 amide bonds. The number of ether oxygens (including phenoxy) is 1. The van der Waals surface area contributed by atoms with Crippen molar-refractivity contribution in [2.45, 2.75) is 31.9 Å². The Hall–Kier alpha value is -0.820. The van der Waals surface area contributed by atoms with Crippen molar-refractivity contribution in [1.29, 1.82) is 0 Å². The quantitative estimate of drug-likeness (QED) is 0.695. The second kappa shape index (κ2) is 7.09. The molecular weight excluding hydrogens is 261 g/mol. The third-order valence-electron chi connectivity index (χ3n) is 3.44. The highest BCUT2D eigenvalue weighted by atomic mass is 19.4. The molecular formula is C12H21F3N2O2. The summed E-state index contributed by atoms with van der Waals surface area (Å²) < 4.78 is 43.9. The fraction of sp³-hybridized carbons (Fsp3) is 0.917. The Morgan fingerprint density at radius 1 is 1.37 bits per heavy atom. The summed E-state index contributed by atoms with van der Waals surface area (Å²) in [6, 6.07) is 0. The number of rotatable bonds is 7. The zero-order valence-corrected chi connectivity index (χ0v) is 11.1. The molecule has 1 aliphatic rings. The lowest BCUT2D eigenvalue weighted by Crippen LogP contribution is -2.52. The second-order valence-corrected chi connectivity index (χ2v) is 4.82. The van der Waals surface area contributed by atoms with Gasteiger partial charge in [0.2, 0.25) is 5.91 Å². The Morgan fingerprint density at radius 3 is 2.63 bits per heavy atom. The standard InChI is InChI=1S/C12H21F3N2O2/c1-19-8-4-2-3-6-17-10(18)11(12(13,14)15)5-7-16-9-11/h16H,2-9H2,1H3,(H,17,18). The molecule has 1 aliphatic heterocycles. The van der Waals surface area contributed by atoms with E-state index >= 15 is 0 Å². The van der Waals surface area contributed by atoms with E-state index < -0.39 is 17.5 Å². The van der Waals surface area contributed by atoms with E-state index in [1.54, 1.807) is 7.11 Å². The van der Waals surface area contributed by atoms with Crippen LogP contribution in [0, 0.1) is 5.41 Å². The Balaban J connectivity index is 2.38. The third-order valence-corrected chi connectivity index (χ3v) is 3.44. The molecule has 0 aromatic heterocycles. The Kier molecular flexibility index (Phi) is 6.06. The predicted molar refractivity (Wildman–Crippen MR) is 64.7 cm³/mol. The molecule has 0 spiro atoms. The van der Waals surface area contributed by atoms with E-state index in [0.717, 1.165) is 12.8 Å². The van der Waals surface area contributed by atoms with E-state index in [2.05, 4.69) is 10.6 Å². The minimum Gasteiger partial charge on any atom is -0.385 e. The van der Waals surface area contributed by atoms with Gasteiger partial charge >= 0.3 is 6.18 Å². The monoisotopic (exact) mass is 282 g/mol. The molecule has 1 heterocycles. The van der Waals surface area contributed by atoms with E-state index in [4.69, 9.17) is 4.74 Å². The number of hydrogen-bond donors (Lipinski definition) is 2. The van der Waals surface area contributed by atoms with Crippen LogP contribution in [0.5, 0.6) is 0 Å². The predicted octanol–water partition coefficient (Wildman–Crippen LogP) is 1.46. The zero-order valence-electron chi connectivity index (χ0n) is 11.1. The summed E-state index contributed by atoms with van der Waals surface area (Å²) >= 11 is 0. The van der Waals surface area contributed by atoms with Gasteiger partial charge in [-0.3, -0.25) is 4.79 Å². The first-order chi connectivity index (χ1) is 8.94. The number of carbonyl (C=O) groups is 1. The maximum Gasteiger partial charge on any atom is 0.404 e. The van der Waals surface area contributed by atoms with Gasteiger partial charge in [-0.2, -0.15) is 13.2 Å². The van der Waals surface area contributed by atoms with Gasteiger partial charge < -0.3 is 15.4 Å². The van der Waals surface area contributed by atoms with E-state index in [1.807, 2.05) is 0 Å². The van der Waals surface area contributed by atoms with Crippen molar-refractivity contribution in [3.8, 4) is 0 Å². The minimum atomic E-state index is -4.50. The lowest BCUT2D eigenvalue weighted by Gasteiger charge is -2.29. The Morgan fingerprint density at radius 2 is 2.11 bits per heavy atom. The minimum absolute atomic E-state index is 0.188. The van der Waals surface area contributed by atoms with Crippen molar-refractivity contribution in [3.63, 3.8) is 0 Å². The molecule has 19 heavy (non-hydrogen) atoms. The van der Waals surface area contributed by atoms with Crippen LogP contribution < -0.4 is 10.6 Å². The first kappa shape index (κ1) is 16.2. The van der Waals surface area contributed by atoms with Crippen molar-refractivity contribution in [1.82, 2.24) is 10.6 Å². The van der Waals surface area contributed by atoms with Crippen molar-refractivity contribution < 1.29 is 22.7 Å². The summed E-state index contributed by atoms with van der Waals surface area (Å²) in [5, 5.41) is 5.03. The summed E-state index contributed by atoms with van der Waals surface area (Å²) in [5.74, 6) is -0.906. The molecule has 1 unspecified atom stereocenters. The molecule has 0 aromatic rings. The molecule has 0 aromatic carbocycles. The van der Waals surface area contributed by atoms with Crippen LogP contribution in [0.3, 0.4) is 0 Å². The van der Waals surface area contributed by atoms with Gasteiger partial charge in [0.1, 0.15) is 0 Å². The molecule has 7 heteroatoms. The van der Waals surface area contributed by atoms with Gasteiger partial charge in [0.25, 0.3) is 0 Å². The number of nitrogens with one attached hydrogen (secondary N) is 2. The summed E-state index contributed by atoms with van der Waals surface area (Å²) in [6.07, 6.45) is -2.36. The van der Waals surface area contributed by atoms with Gasteiger partial charge in [-0.05, 0) is 32.2 Å². The van der Waals surface area contributed by atoms with Gasteiger partial charge in [-0.1, -0.05) is 0 Å². The SMILES string of the molecule is COCCCCCNC(=O)C1(C(F)(F)F)CCNC1. The molecule has 0 radical (unpaired) electrons. The second-order valence-electron chi connectivity index (χ2n) is 4.82. The average molecular weight is 282 g/mol. The van der Waals surface area contributed by atoms with Gasteiger partial charge in [0.15, 0.2) is 5.41 Å². The van der Waals surface area contributed by atoms with Crippen LogP contribution in [-0.2, 0) is 9.53 Å². The third kappa shape index (κ3) is 4.07. The van der Waals surface area contributed by atoms with Gasteiger partial charge in [-0.15, -0.1) is 0 Å².